The van der Waals surface area contributed by atoms with E-state index in [1.807, 2.05) is 78.9 Å². The number of aliphatic hydroxyl groups excluding tert-OH is 1. The first kappa shape index (κ1) is 18.8. The van der Waals surface area contributed by atoms with Crippen molar-refractivity contribution in [2.75, 3.05) is 5.73 Å². The molecular weight excluding hydrogens is 390 g/mol. The van der Waals surface area contributed by atoms with Gasteiger partial charge in [-0.2, -0.15) is 5.10 Å². The van der Waals surface area contributed by atoms with Crippen LogP contribution in [0.4, 0.5) is 5.82 Å². The Hall–Kier alpha value is -4.23. The van der Waals surface area contributed by atoms with E-state index in [4.69, 9.17) is 15.6 Å². The molecular formula is C24H19N5O2. The summed E-state index contributed by atoms with van der Waals surface area (Å²) in [6.07, 6.45) is 1.43. The fraction of sp³-hybridized carbons (Fsp3) is 0.0417. The highest BCUT2D eigenvalue weighted by atomic mass is 16.5. The lowest BCUT2D eigenvalue weighted by Crippen LogP contribution is -1.99. The molecule has 0 fully saturated rings. The number of benzene rings is 3. The normalized spacial score (nSPS) is 11.0. The molecule has 3 aromatic carbocycles. The molecule has 0 aliphatic rings. The molecule has 0 bridgehead atoms. The molecule has 7 nitrogen and oxygen atoms in total. The molecule has 0 spiro atoms. The third-order valence-corrected chi connectivity index (χ3v) is 4.96. The first-order valence-corrected chi connectivity index (χ1v) is 9.75. The monoisotopic (exact) mass is 409 g/mol. The Morgan fingerprint density at radius 3 is 2.26 bits per heavy atom. The molecule has 0 amide bonds. The van der Waals surface area contributed by atoms with Gasteiger partial charge in [0.2, 0.25) is 0 Å². The lowest BCUT2D eigenvalue weighted by atomic mass is 10.1. The Kier molecular flexibility index (Phi) is 4.78. The number of nitrogens with two attached hydrogens (primary N) is 1. The van der Waals surface area contributed by atoms with Gasteiger partial charge in [-0.15, -0.1) is 0 Å². The Labute approximate surface area is 178 Å². The summed E-state index contributed by atoms with van der Waals surface area (Å²) in [4.78, 5) is 8.57. The van der Waals surface area contributed by atoms with Gasteiger partial charge in [0, 0.05) is 5.56 Å². The number of rotatable bonds is 5. The van der Waals surface area contributed by atoms with Gasteiger partial charge in [-0.1, -0.05) is 30.3 Å². The second-order valence-electron chi connectivity index (χ2n) is 6.98. The molecule has 31 heavy (non-hydrogen) atoms. The van der Waals surface area contributed by atoms with Crippen LogP contribution in [0, 0.1) is 0 Å². The minimum atomic E-state index is -0.0160. The second kappa shape index (κ2) is 7.89. The van der Waals surface area contributed by atoms with E-state index < -0.39 is 0 Å². The van der Waals surface area contributed by atoms with Crippen molar-refractivity contribution in [2.24, 2.45) is 0 Å². The van der Waals surface area contributed by atoms with Gasteiger partial charge in [0.15, 0.2) is 5.65 Å². The fourth-order valence-corrected chi connectivity index (χ4v) is 3.40. The Bertz CT molecular complexity index is 1330. The van der Waals surface area contributed by atoms with Crippen LogP contribution in [-0.2, 0) is 6.61 Å². The van der Waals surface area contributed by atoms with E-state index in [9.17, 15) is 5.11 Å². The fourth-order valence-electron chi connectivity index (χ4n) is 3.40. The van der Waals surface area contributed by atoms with E-state index in [2.05, 4.69) is 9.97 Å². The topological polar surface area (TPSA) is 99.1 Å². The molecule has 7 heteroatoms. The molecule has 5 rings (SSSR count). The Morgan fingerprint density at radius 1 is 0.839 bits per heavy atom. The van der Waals surface area contributed by atoms with E-state index in [0.29, 0.717) is 22.5 Å². The second-order valence-corrected chi connectivity index (χ2v) is 6.98. The number of hydrogen-bond acceptors (Lipinski definition) is 6. The molecule has 3 N–H and O–H groups in total. The average Bonchev–Trinajstić information content (AvgIpc) is 3.21. The van der Waals surface area contributed by atoms with Gasteiger partial charge in [0.1, 0.15) is 29.3 Å². The van der Waals surface area contributed by atoms with Gasteiger partial charge < -0.3 is 15.6 Å². The van der Waals surface area contributed by atoms with Gasteiger partial charge >= 0.3 is 0 Å². The van der Waals surface area contributed by atoms with Crippen molar-refractivity contribution in [1.29, 1.82) is 0 Å². The molecule has 0 saturated carbocycles. The third-order valence-electron chi connectivity index (χ3n) is 4.96. The molecule has 0 radical (unpaired) electrons. The highest BCUT2D eigenvalue weighted by molar-refractivity contribution is 5.98. The SMILES string of the molecule is Nc1ncnc2c1c(-c1ccc(Oc3ccccc3)cc1)nn2-c1ccc(CO)cc1. The summed E-state index contributed by atoms with van der Waals surface area (Å²) in [5, 5.41) is 14.8. The minimum Gasteiger partial charge on any atom is -0.457 e. The van der Waals surface area contributed by atoms with E-state index in [0.717, 1.165) is 28.3 Å². The zero-order chi connectivity index (χ0) is 21.2. The molecule has 2 heterocycles. The van der Waals surface area contributed by atoms with Gasteiger partial charge in [0.25, 0.3) is 0 Å². The van der Waals surface area contributed by atoms with E-state index in [-0.39, 0.29) is 6.61 Å². The molecule has 5 aromatic rings. The van der Waals surface area contributed by atoms with Crippen molar-refractivity contribution in [1.82, 2.24) is 19.7 Å². The highest BCUT2D eigenvalue weighted by Gasteiger charge is 2.18. The van der Waals surface area contributed by atoms with Crippen LogP contribution in [0.15, 0.2) is 85.2 Å². The molecule has 2 aromatic heterocycles. The Balaban J connectivity index is 1.56. The van der Waals surface area contributed by atoms with E-state index in [1.54, 1.807) is 4.68 Å². The predicted molar refractivity (Wildman–Crippen MR) is 119 cm³/mol. The number of aromatic nitrogens is 4. The highest BCUT2D eigenvalue weighted by Crippen LogP contribution is 2.33. The molecule has 0 atom stereocenters. The number of anilines is 1. The maximum Gasteiger partial charge on any atom is 0.169 e. The van der Waals surface area contributed by atoms with Crippen molar-refractivity contribution in [2.45, 2.75) is 6.61 Å². The van der Waals surface area contributed by atoms with Crippen LogP contribution in [0.2, 0.25) is 0 Å². The summed E-state index contributed by atoms with van der Waals surface area (Å²) in [6.45, 7) is -0.0160. The lowest BCUT2D eigenvalue weighted by molar-refractivity contribution is 0.282. The molecule has 0 saturated heterocycles. The average molecular weight is 409 g/mol. The minimum absolute atomic E-state index is 0.0160. The van der Waals surface area contributed by atoms with Gasteiger partial charge in [-0.05, 0) is 54.1 Å². The van der Waals surface area contributed by atoms with Crippen LogP contribution >= 0.6 is 0 Å². The zero-order valence-corrected chi connectivity index (χ0v) is 16.5. The first-order chi connectivity index (χ1) is 15.2. The van der Waals surface area contributed by atoms with Crippen LogP contribution in [0.5, 0.6) is 11.5 Å². The van der Waals surface area contributed by atoms with Crippen LogP contribution in [0.3, 0.4) is 0 Å². The van der Waals surface area contributed by atoms with Crippen molar-refractivity contribution in [3.05, 3.63) is 90.8 Å². The summed E-state index contributed by atoms with van der Waals surface area (Å²) < 4.78 is 7.62. The zero-order valence-electron chi connectivity index (χ0n) is 16.5. The molecule has 0 aliphatic carbocycles. The molecule has 152 valence electrons. The van der Waals surface area contributed by atoms with Gasteiger partial charge in [-0.25, -0.2) is 14.6 Å². The van der Waals surface area contributed by atoms with Crippen molar-refractivity contribution >= 4 is 16.9 Å². The number of fused-ring (bicyclic) bond motifs is 1. The number of para-hydroxylation sites is 1. The summed E-state index contributed by atoms with van der Waals surface area (Å²) in [7, 11) is 0. The molecule has 0 aliphatic heterocycles. The summed E-state index contributed by atoms with van der Waals surface area (Å²) in [5.41, 5.74) is 10.0. The van der Waals surface area contributed by atoms with Crippen LogP contribution in [-0.4, -0.2) is 24.9 Å². The van der Waals surface area contributed by atoms with Gasteiger partial charge in [-0.3, -0.25) is 0 Å². The van der Waals surface area contributed by atoms with Crippen molar-refractivity contribution < 1.29 is 9.84 Å². The van der Waals surface area contributed by atoms with Crippen molar-refractivity contribution in [3.63, 3.8) is 0 Å². The quantitative estimate of drug-likeness (QED) is 0.448. The standard InChI is InChI=1S/C24H19N5O2/c25-23-21-22(17-8-12-20(13-9-17)31-19-4-2-1-3-5-19)28-29(24(21)27-15-26-23)18-10-6-16(14-30)7-11-18/h1-13,15,30H,14H2,(H2,25,26,27). The number of hydrogen-bond donors (Lipinski definition) is 2. The predicted octanol–water partition coefficient (Wildman–Crippen LogP) is 4.35. The summed E-state index contributed by atoms with van der Waals surface area (Å²) in [5.74, 6) is 1.86. The van der Waals surface area contributed by atoms with Crippen LogP contribution < -0.4 is 10.5 Å². The molecule has 0 unspecified atom stereocenters. The van der Waals surface area contributed by atoms with Crippen LogP contribution in [0.25, 0.3) is 28.0 Å². The van der Waals surface area contributed by atoms with Crippen LogP contribution in [0.1, 0.15) is 5.56 Å². The number of ether oxygens (including phenoxy) is 1. The van der Waals surface area contributed by atoms with E-state index >= 15 is 0 Å². The first-order valence-electron chi connectivity index (χ1n) is 9.75. The lowest BCUT2D eigenvalue weighted by Gasteiger charge is -2.06. The third kappa shape index (κ3) is 3.58. The summed E-state index contributed by atoms with van der Waals surface area (Å²) >= 11 is 0. The smallest absolute Gasteiger partial charge is 0.169 e. The van der Waals surface area contributed by atoms with Gasteiger partial charge in [0.05, 0.1) is 17.7 Å². The Morgan fingerprint density at radius 2 is 1.55 bits per heavy atom. The number of aliphatic hydroxyl groups is 1. The number of nitrogens with zero attached hydrogens (tertiary/aromatic N) is 4. The maximum absolute atomic E-state index is 9.31. The largest absolute Gasteiger partial charge is 0.457 e. The van der Waals surface area contributed by atoms with Crippen molar-refractivity contribution in [3.8, 4) is 28.4 Å². The summed E-state index contributed by atoms with van der Waals surface area (Å²) in [6, 6.07) is 24.7. The van der Waals surface area contributed by atoms with E-state index in [1.165, 1.54) is 6.33 Å². The maximum atomic E-state index is 9.31. The number of nitrogen functional groups attached to an aromatic ring is 1.